The Morgan fingerprint density at radius 2 is 1.40 bits per heavy atom. The van der Waals surface area contributed by atoms with Crippen LogP contribution in [0.3, 0.4) is 0 Å². The summed E-state index contributed by atoms with van der Waals surface area (Å²) in [7, 11) is 0. The van der Waals surface area contributed by atoms with Gasteiger partial charge in [-0.15, -0.1) is 0 Å². The molecular formula is C29H39NO5. The summed E-state index contributed by atoms with van der Waals surface area (Å²) in [5.41, 5.74) is 3.86. The molecule has 6 nitrogen and oxygen atoms in total. The minimum absolute atomic E-state index is 0.0731. The van der Waals surface area contributed by atoms with Gasteiger partial charge < -0.3 is 24.1 Å². The summed E-state index contributed by atoms with van der Waals surface area (Å²) in [4.78, 5) is 2.39. The molecule has 1 fully saturated rings. The summed E-state index contributed by atoms with van der Waals surface area (Å²) in [6, 6.07) is 8.50. The second-order valence-corrected chi connectivity index (χ2v) is 12.2. The molecule has 0 amide bonds. The fraction of sp³-hybridized carbons (Fsp3) is 0.586. The van der Waals surface area contributed by atoms with Crippen molar-refractivity contribution >= 4 is 0 Å². The molecule has 2 aromatic rings. The van der Waals surface area contributed by atoms with Gasteiger partial charge in [0.05, 0.1) is 13.2 Å². The fourth-order valence-electron chi connectivity index (χ4n) is 5.67. The highest BCUT2D eigenvalue weighted by atomic mass is 16.7. The van der Waals surface area contributed by atoms with E-state index in [0.29, 0.717) is 19.0 Å². The molecule has 190 valence electrons. The molecule has 3 atom stereocenters. The maximum absolute atomic E-state index is 11.3. The lowest BCUT2D eigenvalue weighted by Crippen LogP contribution is -2.52. The molecule has 0 unspecified atom stereocenters. The van der Waals surface area contributed by atoms with E-state index in [0.717, 1.165) is 47.0 Å². The third-order valence-electron chi connectivity index (χ3n) is 7.58. The number of ether oxygens (including phenoxy) is 4. The highest BCUT2D eigenvalue weighted by Gasteiger charge is 2.42. The largest absolute Gasteiger partial charge is 0.507 e. The number of phenolic OH excluding ortho intramolecular Hbond substituents is 1. The van der Waals surface area contributed by atoms with E-state index in [1.807, 2.05) is 6.07 Å². The standard InChI is InChI=1S/C29H39NO5/c1-17-25(18-12-20(28(2,3)4)26(31)21(13-18)29(5,6)7)19-14-23-24(34-16-33-23)15-22(19)35-27(17)30-8-10-32-11-9-30/h12-15,17,25,27,31H,8-11,16H2,1-7H3/t17-,25+,27-/m0/s1. The maximum Gasteiger partial charge on any atom is 0.231 e. The van der Waals surface area contributed by atoms with Crippen molar-refractivity contribution in [3.8, 4) is 23.0 Å². The summed E-state index contributed by atoms with van der Waals surface area (Å²) in [5.74, 6) is 2.99. The Labute approximate surface area is 209 Å². The van der Waals surface area contributed by atoms with Crippen molar-refractivity contribution in [3.63, 3.8) is 0 Å². The van der Waals surface area contributed by atoms with Crippen molar-refractivity contribution in [2.45, 2.75) is 71.4 Å². The van der Waals surface area contributed by atoms with Crippen molar-refractivity contribution in [3.05, 3.63) is 46.5 Å². The Morgan fingerprint density at radius 1 is 0.829 bits per heavy atom. The van der Waals surface area contributed by atoms with E-state index >= 15 is 0 Å². The van der Waals surface area contributed by atoms with Crippen LogP contribution in [-0.2, 0) is 15.6 Å². The Hall–Kier alpha value is -2.44. The molecule has 35 heavy (non-hydrogen) atoms. The Kier molecular flexibility index (Phi) is 5.96. The number of aromatic hydroxyl groups is 1. The van der Waals surface area contributed by atoms with E-state index in [2.05, 4.69) is 71.6 Å². The number of morpholine rings is 1. The predicted octanol–water partition coefficient (Wildman–Crippen LogP) is 5.53. The lowest BCUT2D eigenvalue weighted by atomic mass is 9.72. The number of fused-ring (bicyclic) bond motifs is 2. The summed E-state index contributed by atoms with van der Waals surface area (Å²) in [6.07, 6.45) is -0.0817. The van der Waals surface area contributed by atoms with Crippen LogP contribution in [0.1, 0.15) is 76.6 Å². The fourth-order valence-corrected chi connectivity index (χ4v) is 5.67. The van der Waals surface area contributed by atoms with Gasteiger partial charge in [-0.2, -0.15) is 0 Å². The normalized spacial score (nSPS) is 24.7. The van der Waals surface area contributed by atoms with E-state index in [-0.39, 0.29) is 35.7 Å². The third-order valence-corrected chi connectivity index (χ3v) is 7.58. The van der Waals surface area contributed by atoms with Crippen LogP contribution in [0.25, 0.3) is 0 Å². The zero-order valence-electron chi connectivity index (χ0n) is 22.1. The molecule has 0 aromatic heterocycles. The zero-order valence-corrected chi connectivity index (χ0v) is 22.1. The molecule has 5 rings (SSSR count). The van der Waals surface area contributed by atoms with E-state index in [1.54, 1.807) is 0 Å². The van der Waals surface area contributed by atoms with Crippen LogP contribution in [0.15, 0.2) is 24.3 Å². The van der Waals surface area contributed by atoms with Crippen LogP contribution in [0.2, 0.25) is 0 Å². The van der Waals surface area contributed by atoms with Gasteiger partial charge in [-0.25, -0.2) is 0 Å². The van der Waals surface area contributed by atoms with Gasteiger partial charge in [0, 0.05) is 36.6 Å². The lowest BCUT2D eigenvalue weighted by molar-refractivity contribution is -0.0784. The minimum atomic E-state index is -0.199. The molecule has 3 aliphatic rings. The van der Waals surface area contributed by atoms with Crippen LogP contribution in [0.4, 0.5) is 0 Å². The lowest BCUT2D eigenvalue weighted by Gasteiger charge is -2.45. The first-order valence-corrected chi connectivity index (χ1v) is 12.7. The van der Waals surface area contributed by atoms with Crippen molar-refractivity contribution in [2.24, 2.45) is 5.92 Å². The Morgan fingerprint density at radius 3 is 1.97 bits per heavy atom. The quantitative estimate of drug-likeness (QED) is 0.608. The van der Waals surface area contributed by atoms with Crippen LogP contribution in [0.5, 0.6) is 23.0 Å². The van der Waals surface area contributed by atoms with Gasteiger partial charge in [0.15, 0.2) is 17.7 Å². The first kappa shape index (κ1) is 24.3. The number of hydrogen-bond acceptors (Lipinski definition) is 6. The predicted molar refractivity (Wildman–Crippen MR) is 136 cm³/mol. The number of nitrogens with zero attached hydrogens (tertiary/aromatic N) is 1. The van der Waals surface area contributed by atoms with Crippen LogP contribution >= 0.6 is 0 Å². The summed E-state index contributed by atoms with van der Waals surface area (Å²) in [5, 5.41) is 11.3. The summed E-state index contributed by atoms with van der Waals surface area (Å²) >= 11 is 0. The molecule has 3 heterocycles. The molecule has 0 saturated carbocycles. The topological polar surface area (TPSA) is 60.4 Å². The van der Waals surface area contributed by atoms with Gasteiger partial charge in [0.2, 0.25) is 6.79 Å². The molecular weight excluding hydrogens is 442 g/mol. The van der Waals surface area contributed by atoms with E-state index in [9.17, 15) is 5.11 Å². The van der Waals surface area contributed by atoms with E-state index < -0.39 is 0 Å². The highest BCUT2D eigenvalue weighted by molar-refractivity contribution is 5.58. The van der Waals surface area contributed by atoms with Crippen LogP contribution < -0.4 is 14.2 Å². The molecule has 2 aromatic carbocycles. The first-order valence-electron chi connectivity index (χ1n) is 12.7. The molecule has 1 N–H and O–H groups in total. The second kappa shape index (κ2) is 8.59. The van der Waals surface area contributed by atoms with Gasteiger partial charge in [0.1, 0.15) is 11.5 Å². The van der Waals surface area contributed by atoms with Crippen molar-refractivity contribution in [2.75, 3.05) is 33.1 Å². The monoisotopic (exact) mass is 481 g/mol. The van der Waals surface area contributed by atoms with Crippen LogP contribution in [0, 0.1) is 5.92 Å². The number of phenols is 1. The molecule has 3 aliphatic heterocycles. The first-order chi connectivity index (χ1) is 16.4. The number of rotatable bonds is 2. The molecule has 0 radical (unpaired) electrons. The molecule has 6 heteroatoms. The second-order valence-electron chi connectivity index (χ2n) is 12.2. The molecule has 0 spiro atoms. The summed E-state index contributed by atoms with van der Waals surface area (Å²) < 4.78 is 23.7. The average Bonchev–Trinajstić information content (AvgIpc) is 3.24. The van der Waals surface area contributed by atoms with Gasteiger partial charge >= 0.3 is 0 Å². The number of benzene rings is 2. The highest BCUT2D eigenvalue weighted by Crippen LogP contribution is 2.51. The Bertz CT molecular complexity index is 1070. The average molecular weight is 482 g/mol. The number of hydrogen-bond donors (Lipinski definition) is 1. The Balaban J connectivity index is 1.70. The zero-order chi connectivity index (χ0) is 25.1. The van der Waals surface area contributed by atoms with Crippen LogP contribution in [-0.4, -0.2) is 49.3 Å². The molecule has 0 aliphatic carbocycles. The molecule has 1 saturated heterocycles. The van der Waals surface area contributed by atoms with Crippen molar-refractivity contribution in [1.82, 2.24) is 4.90 Å². The van der Waals surface area contributed by atoms with E-state index in [4.69, 9.17) is 18.9 Å². The van der Waals surface area contributed by atoms with Gasteiger partial charge in [-0.3, -0.25) is 4.90 Å². The van der Waals surface area contributed by atoms with E-state index in [1.165, 1.54) is 5.56 Å². The molecule has 0 bridgehead atoms. The SMILES string of the molecule is C[C@H]1[C@H](c2cc(C(C)(C)C)c(O)c(C(C)(C)C)c2)c2cc3c(cc2O[C@@H]1N1CCOCC1)OCO3. The van der Waals surface area contributed by atoms with Gasteiger partial charge in [-0.05, 0) is 33.6 Å². The van der Waals surface area contributed by atoms with Crippen molar-refractivity contribution in [1.29, 1.82) is 0 Å². The van der Waals surface area contributed by atoms with Gasteiger partial charge in [-0.1, -0.05) is 60.6 Å². The summed E-state index contributed by atoms with van der Waals surface area (Å²) in [6.45, 7) is 18.6. The van der Waals surface area contributed by atoms with Crippen molar-refractivity contribution < 1.29 is 24.1 Å². The van der Waals surface area contributed by atoms with Gasteiger partial charge in [0.25, 0.3) is 0 Å². The maximum atomic E-state index is 11.3. The smallest absolute Gasteiger partial charge is 0.231 e. The minimum Gasteiger partial charge on any atom is -0.507 e. The third kappa shape index (κ3) is 4.36.